The van der Waals surface area contributed by atoms with Gasteiger partial charge in [0, 0.05) is 11.6 Å². The van der Waals surface area contributed by atoms with Crippen molar-refractivity contribution in [1.29, 1.82) is 0 Å². The van der Waals surface area contributed by atoms with Crippen LogP contribution >= 0.6 is 22.6 Å². The number of ether oxygens (including phenoxy) is 1. The predicted octanol–water partition coefficient (Wildman–Crippen LogP) is -0.722. The van der Waals surface area contributed by atoms with Gasteiger partial charge in [0.15, 0.2) is 12.4 Å². The van der Waals surface area contributed by atoms with Crippen LogP contribution in [0.2, 0.25) is 0 Å². The number of aromatic amines is 1. The molecule has 8 nitrogen and oxygen atoms in total. The molecule has 0 saturated carbocycles. The van der Waals surface area contributed by atoms with Crippen molar-refractivity contribution in [3.8, 4) is 0 Å². The number of pyridine rings is 1. The van der Waals surface area contributed by atoms with Gasteiger partial charge in [-0.25, -0.2) is 9.18 Å². The van der Waals surface area contributed by atoms with E-state index in [0.29, 0.717) is 8.96 Å². The number of halogens is 2. The zero-order valence-electron chi connectivity index (χ0n) is 10.9. The molecule has 10 heteroatoms. The lowest BCUT2D eigenvalue weighted by Gasteiger charge is -2.16. The van der Waals surface area contributed by atoms with Gasteiger partial charge in [-0.3, -0.25) is 9.36 Å². The van der Waals surface area contributed by atoms with E-state index in [1.54, 1.807) is 0 Å². The molecule has 1 aliphatic heterocycles. The van der Waals surface area contributed by atoms with Crippen molar-refractivity contribution in [2.24, 2.45) is 0 Å². The topological polar surface area (TPSA) is 117 Å². The lowest BCUT2D eigenvalue weighted by Crippen LogP contribution is -2.33. The smallest absolute Gasteiger partial charge is 0.351 e. The van der Waals surface area contributed by atoms with Gasteiger partial charge in [-0.2, -0.15) is 4.98 Å². The Morgan fingerprint density at radius 1 is 1.50 bits per heavy atom. The van der Waals surface area contributed by atoms with Crippen LogP contribution in [0, 0.1) is 3.57 Å². The maximum atomic E-state index is 14.1. The van der Waals surface area contributed by atoms with Gasteiger partial charge in [-0.15, -0.1) is 0 Å². The summed E-state index contributed by atoms with van der Waals surface area (Å²) in [5.74, 6) is 0. The molecule has 22 heavy (non-hydrogen) atoms. The second-order valence-electron chi connectivity index (χ2n) is 4.86. The zero-order valence-corrected chi connectivity index (χ0v) is 13.1. The van der Waals surface area contributed by atoms with E-state index in [0.717, 1.165) is 4.57 Å². The van der Waals surface area contributed by atoms with Crippen LogP contribution in [0.4, 0.5) is 4.39 Å². The van der Waals surface area contributed by atoms with Gasteiger partial charge < -0.3 is 19.9 Å². The van der Waals surface area contributed by atoms with Crippen molar-refractivity contribution in [3.05, 3.63) is 36.7 Å². The van der Waals surface area contributed by atoms with E-state index < -0.39 is 36.9 Å². The van der Waals surface area contributed by atoms with Crippen molar-refractivity contribution in [3.63, 3.8) is 0 Å². The Balaban J connectivity index is 2.12. The number of nitrogens with zero attached hydrogens (tertiary/aromatic N) is 2. The van der Waals surface area contributed by atoms with E-state index in [-0.39, 0.29) is 11.2 Å². The molecular weight excluding hydrogens is 412 g/mol. The van der Waals surface area contributed by atoms with Crippen LogP contribution in [0.15, 0.2) is 21.9 Å². The molecule has 0 radical (unpaired) electrons. The van der Waals surface area contributed by atoms with E-state index in [2.05, 4.69) is 9.97 Å². The molecule has 2 aromatic heterocycles. The molecule has 0 bridgehead atoms. The highest BCUT2D eigenvalue weighted by Gasteiger charge is 2.45. The highest BCUT2D eigenvalue weighted by atomic mass is 127. The van der Waals surface area contributed by atoms with Gasteiger partial charge in [0.05, 0.1) is 10.2 Å². The number of nitrogens with one attached hydrogen (secondary N) is 1. The van der Waals surface area contributed by atoms with E-state index in [4.69, 9.17) is 9.84 Å². The molecule has 3 heterocycles. The molecule has 4 unspecified atom stereocenters. The Labute approximate surface area is 135 Å². The molecule has 0 spiro atoms. The van der Waals surface area contributed by atoms with Gasteiger partial charge in [-0.05, 0) is 28.7 Å². The first-order valence-electron chi connectivity index (χ1n) is 6.32. The lowest BCUT2D eigenvalue weighted by molar-refractivity contribution is -0.0489. The second-order valence-corrected chi connectivity index (χ2v) is 6.03. The van der Waals surface area contributed by atoms with Crippen molar-refractivity contribution >= 4 is 33.6 Å². The number of H-pyrrole nitrogens is 1. The van der Waals surface area contributed by atoms with Crippen LogP contribution < -0.4 is 11.2 Å². The van der Waals surface area contributed by atoms with Crippen LogP contribution in [0.1, 0.15) is 6.23 Å². The molecule has 118 valence electrons. The number of rotatable bonds is 2. The summed E-state index contributed by atoms with van der Waals surface area (Å²) in [6.45, 7) is -0.570. The monoisotopic (exact) mass is 423 g/mol. The molecule has 1 aliphatic rings. The molecule has 2 aromatic rings. The number of alkyl halides is 1. The fourth-order valence-electron chi connectivity index (χ4n) is 2.32. The van der Waals surface area contributed by atoms with Gasteiger partial charge >= 0.3 is 5.69 Å². The quantitative estimate of drug-likeness (QED) is 0.549. The molecule has 0 amide bonds. The fraction of sp³-hybridized carbons (Fsp3) is 0.417. The lowest BCUT2D eigenvalue weighted by atomic mass is 10.1. The Bertz CT molecular complexity index is 838. The number of fused-ring (bicyclic) bond motifs is 1. The Morgan fingerprint density at radius 3 is 2.86 bits per heavy atom. The maximum absolute atomic E-state index is 14.1. The first-order chi connectivity index (χ1) is 10.4. The van der Waals surface area contributed by atoms with Gasteiger partial charge in [-0.1, -0.05) is 0 Å². The van der Waals surface area contributed by atoms with Gasteiger partial charge in [0.2, 0.25) is 0 Å². The minimum Gasteiger partial charge on any atom is -0.394 e. The number of hydrogen-bond donors (Lipinski definition) is 3. The average molecular weight is 423 g/mol. The average Bonchev–Trinajstić information content (AvgIpc) is 2.76. The first-order valence-corrected chi connectivity index (χ1v) is 7.40. The number of aliphatic hydroxyl groups excluding tert-OH is 2. The maximum Gasteiger partial charge on any atom is 0.351 e. The highest BCUT2D eigenvalue weighted by molar-refractivity contribution is 14.1. The van der Waals surface area contributed by atoms with E-state index >= 15 is 0 Å². The van der Waals surface area contributed by atoms with Gasteiger partial charge in [0.25, 0.3) is 5.56 Å². The standard InChI is InChI=1S/C12H11FIN3O5/c13-7-8(19)6(3-18)22-11(7)17-2-4-1-5(14)10(20)15-9(4)16-12(17)21/h1-2,6-8,11,18-19H,3H2,(H,15,16,20,21). The van der Waals surface area contributed by atoms with Crippen molar-refractivity contribution in [2.75, 3.05) is 6.61 Å². The van der Waals surface area contributed by atoms with Crippen molar-refractivity contribution < 1.29 is 19.3 Å². The van der Waals surface area contributed by atoms with Crippen LogP contribution in [0.3, 0.4) is 0 Å². The summed E-state index contributed by atoms with van der Waals surface area (Å²) >= 11 is 1.82. The van der Waals surface area contributed by atoms with E-state index in [1.165, 1.54) is 12.3 Å². The number of hydrogen-bond acceptors (Lipinski definition) is 6. The largest absolute Gasteiger partial charge is 0.394 e. The molecule has 0 aliphatic carbocycles. The summed E-state index contributed by atoms with van der Waals surface area (Å²) in [7, 11) is 0. The minimum atomic E-state index is -1.88. The normalized spacial score (nSPS) is 28.4. The van der Waals surface area contributed by atoms with Crippen LogP contribution in [-0.4, -0.2) is 49.7 Å². The third kappa shape index (κ3) is 2.45. The number of aromatic nitrogens is 3. The van der Waals surface area contributed by atoms with E-state index in [9.17, 15) is 19.1 Å². The molecule has 3 N–H and O–H groups in total. The third-order valence-corrected chi connectivity index (χ3v) is 4.26. The molecule has 4 atom stereocenters. The summed E-state index contributed by atoms with van der Waals surface area (Å²) in [5, 5.41) is 19.1. The summed E-state index contributed by atoms with van der Waals surface area (Å²) in [6.07, 6.45) is -4.62. The van der Waals surface area contributed by atoms with Gasteiger partial charge in [0.1, 0.15) is 17.9 Å². The third-order valence-electron chi connectivity index (χ3n) is 3.46. The van der Waals surface area contributed by atoms with Crippen molar-refractivity contribution in [1.82, 2.24) is 14.5 Å². The Kier molecular flexibility index (Phi) is 4.01. The minimum absolute atomic E-state index is 0.0827. The van der Waals surface area contributed by atoms with Crippen molar-refractivity contribution in [2.45, 2.75) is 24.6 Å². The fourth-order valence-corrected chi connectivity index (χ4v) is 2.79. The molecule has 3 rings (SSSR count). The first kappa shape index (κ1) is 15.5. The predicted molar refractivity (Wildman–Crippen MR) is 81.2 cm³/mol. The molecule has 0 aromatic carbocycles. The zero-order chi connectivity index (χ0) is 16.0. The second kappa shape index (κ2) is 5.68. The summed E-state index contributed by atoms with van der Waals surface area (Å²) < 4.78 is 20.6. The summed E-state index contributed by atoms with van der Waals surface area (Å²) in [4.78, 5) is 29.6. The Hall–Kier alpha value is -1.37. The van der Waals surface area contributed by atoms with Crippen LogP contribution in [0.25, 0.3) is 11.0 Å². The summed E-state index contributed by atoms with van der Waals surface area (Å²) in [6, 6.07) is 1.50. The highest BCUT2D eigenvalue weighted by Crippen LogP contribution is 2.31. The van der Waals surface area contributed by atoms with E-state index in [1.807, 2.05) is 22.6 Å². The van der Waals surface area contributed by atoms with Crippen LogP contribution in [-0.2, 0) is 4.74 Å². The SMILES string of the molecule is O=c1[nH]c2nc(=O)n(C3OC(CO)C(O)C3F)cc2cc1I. The molecule has 1 fully saturated rings. The molecule has 1 saturated heterocycles. The van der Waals surface area contributed by atoms with Crippen LogP contribution in [0.5, 0.6) is 0 Å². The summed E-state index contributed by atoms with van der Waals surface area (Å²) in [5.41, 5.74) is -1.13. The molecular formula is C12H11FIN3O5. The number of aliphatic hydroxyl groups is 2. The Morgan fingerprint density at radius 2 is 2.23 bits per heavy atom.